The van der Waals surface area contributed by atoms with E-state index in [9.17, 15) is 4.79 Å². The molecule has 0 saturated carbocycles. The van der Waals surface area contributed by atoms with Crippen LogP contribution in [0.2, 0.25) is 0 Å². The third kappa shape index (κ3) is 3.56. The number of carboxylic acids is 1. The van der Waals surface area contributed by atoms with Crippen LogP contribution in [-0.4, -0.2) is 39.5 Å². The van der Waals surface area contributed by atoms with Crippen molar-refractivity contribution in [1.29, 1.82) is 0 Å². The van der Waals surface area contributed by atoms with E-state index in [0.29, 0.717) is 35.9 Å². The van der Waals surface area contributed by atoms with Gasteiger partial charge in [-0.3, -0.25) is 0 Å². The minimum atomic E-state index is -1.09. The summed E-state index contributed by atoms with van der Waals surface area (Å²) in [4.78, 5) is 11.1. The predicted octanol–water partition coefficient (Wildman–Crippen LogP) is 2.80. The van der Waals surface area contributed by atoms with Crippen LogP contribution in [0.5, 0.6) is 23.2 Å². The van der Waals surface area contributed by atoms with Crippen LogP contribution < -0.4 is 18.9 Å². The van der Waals surface area contributed by atoms with E-state index in [1.807, 2.05) is 12.1 Å². The van der Waals surface area contributed by atoms with Gasteiger partial charge in [0.2, 0.25) is 5.75 Å². The maximum Gasteiger partial charge on any atom is 0.343 e. The molecule has 0 aliphatic carbocycles. The Morgan fingerprint density at radius 2 is 1.58 bits per heavy atom. The Balaban J connectivity index is 2.21. The van der Waals surface area contributed by atoms with Crippen LogP contribution in [0.25, 0.3) is 0 Å². The molecule has 0 atom stereocenters. The van der Waals surface area contributed by atoms with Gasteiger partial charge in [0.15, 0.2) is 11.5 Å². The molecule has 2 rings (SSSR count). The lowest BCUT2D eigenvalue weighted by molar-refractivity contribution is 0.0690. The first-order valence-corrected chi connectivity index (χ1v) is 7.22. The van der Waals surface area contributed by atoms with Gasteiger partial charge >= 0.3 is 5.97 Å². The van der Waals surface area contributed by atoms with Crippen molar-refractivity contribution in [3.05, 3.63) is 35.1 Å². The van der Waals surface area contributed by atoms with Crippen LogP contribution in [0.1, 0.15) is 21.7 Å². The normalized spacial score (nSPS) is 10.3. The second-order valence-electron chi connectivity index (χ2n) is 4.96. The molecular formula is C17H20O7. The molecule has 0 spiro atoms. The van der Waals surface area contributed by atoms with E-state index in [-0.39, 0.29) is 11.5 Å². The Hall–Kier alpha value is -2.83. The Kier molecular flexibility index (Phi) is 5.57. The quantitative estimate of drug-likeness (QED) is 0.793. The highest BCUT2D eigenvalue weighted by Gasteiger charge is 2.18. The van der Waals surface area contributed by atoms with Crippen LogP contribution in [0.3, 0.4) is 0 Å². The first-order valence-electron chi connectivity index (χ1n) is 7.22. The summed E-state index contributed by atoms with van der Waals surface area (Å²) >= 11 is 0. The highest BCUT2D eigenvalue weighted by atomic mass is 16.6. The van der Waals surface area contributed by atoms with E-state index in [1.165, 1.54) is 13.2 Å². The molecular weight excluding hydrogens is 316 g/mol. The van der Waals surface area contributed by atoms with Gasteiger partial charge in [0.05, 0.1) is 28.4 Å². The summed E-state index contributed by atoms with van der Waals surface area (Å²) < 4.78 is 26.3. The predicted molar refractivity (Wildman–Crippen MR) is 85.7 cm³/mol. The number of methoxy groups -OCH3 is 4. The summed E-state index contributed by atoms with van der Waals surface area (Å²) in [5, 5.41) is 9.10. The number of ether oxygens (including phenoxy) is 4. The van der Waals surface area contributed by atoms with Gasteiger partial charge in [0.25, 0.3) is 5.95 Å². The van der Waals surface area contributed by atoms with Crippen molar-refractivity contribution >= 4 is 5.97 Å². The Bertz CT molecular complexity index is 693. The van der Waals surface area contributed by atoms with E-state index in [0.717, 1.165) is 5.56 Å². The van der Waals surface area contributed by atoms with Crippen LogP contribution in [0.15, 0.2) is 22.6 Å². The topological polar surface area (TPSA) is 87.4 Å². The average Bonchev–Trinajstić information content (AvgIpc) is 3.02. The molecule has 0 saturated heterocycles. The fourth-order valence-electron chi connectivity index (χ4n) is 2.39. The Morgan fingerprint density at radius 1 is 0.958 bits per heavy atom. The number of benzene rings is 1. The molecule has 1 N–H and O–H groups in total. The standard InChI is InChI=1S/C17H20O7/c1-20-13-7-10(8-14(21-2)15(13)22-3)5-6-11-9-12(16(18)19)17(23-4)24-11/h7-9H,5-6H2,1-4H3,(H,18,19). The third-order valence-electron chi connectivity index (χ3n) is 3.55. The summed E-state index contributed by atoms with van der Waals surface area (Å²) in [7, 11) is 6.02. The van der Waals surface area contributed by atoms with Gasteiger partial charge in [-0.15, -0.1) is 0 Å². The fourth-order valence-corrected chi connectivity index (χ4v) is 2.39. The second kappa shape index (κ2) is 7.63. The Labute approximate surface area is 139 Å². The lowest BCUT2D eigenvalue weighted by Gasteiger charge is -2.13. The van der Waals surface area contributed by atoms with Gasteiger partial charge in [-0.05, 0) is 30.2 Å². The van der Waals surface area contributed by atoms with E-state index in [1.54, 1.807) is 21.3 Å². The van der Waals surface area contributed by atoms with Crippen molar-refractivity contribution < 1.29 is 33.3 Å². The fraction of sp³-hybridized carbons (Fsp3) is 0.353. The molecule has 0 aliphatic rings. The number of aromatic carboxylic acids is 1. The van der Waals surface area contributed by atoms with E-state index < -0.39 is 5.97 Å². The minimum Gasteiger partial charge on any atom is -0.493 e. The Morgan fingerprint density at radius 3 is 2.00 bits per heavy atom. The van der Waals surface area contributed by atoms with Crippen LogP contribution in [-0.2, 0) is 12.8 Å². The lowest BCUT2D eigenvalue weighted by atomic mass is 10.1. The van der Waals surface area contributed by atoms with Gasteiger partial charge in [0.1, 0.15) is 11.3 Å². The molecule has 0 radical (unpaired) electrons. The van der Waals surface area contributed by atoms with Gasteiger partial charge in [0, 0.05) is 6.42 Å². The smallest absolute Gasteiger partial charge is 0.343 e. The van der Waals surface area contributed by atoms with Gasteiger partial charge < -0.3 is 28.5 Å². The maximum atomic E-state index is 11.1. The van der Waals surface area contributed by atoms with E-state index >= 15 is 0 Å². The van der Waals surface area contributed by atoms with Gasteiger partial charge in [-0.2, -0.15) is 0 Å². The molecule has 24 heavy (non-hydrogen) atoms. The SMILES string of the molecule is COc1cc(CCc2cc(C(=O)O)c(OC)o2)cc(OC)c1OC. The molecule has 130 valence electrons. The van der Waals surface area contributed by atoms with Crippen molar-refractivity contribution in [3.8, 4) is 23.2 Å². The van der Waals surface area contributed by atoms with Gasteiger partial charge in [-0.1, -0.05) is 0 Å². The van der Waals surface area contributed by atoms with Crippen LogP contribution in [0.4, 0.5) is 0 Å². The van der Waals surface area contributed by atoms with E-state index in [2.05, 4.69) is 0 Å². The van der Waals surface area contributed by atoms with Crippen molar-refractivity contribution in [3.63, 3.8) is 0 Å². The molecule has 0 amide bonds. The van der Waals surface area contributed by atoms with Crippen molar-refractivity contribution in [1.82, 2.24) is 0 Å². The first kappa shape index (κ1) is 17.5. The molecule has 0 bridgehead atoms. The first-order chi connectivity index (χ1) is 11.5. The summed E-state index contributed by atoms with van der Waals surface area (Å²) in [6.45, 7) is 0. The number of carboxylic acid groups (broad SMARTS) is 1. The number of rotatable bonds is 8. The summed E-state index contributed by atoms with van der Waals surface area (Å²) in [5.41, 5.74) is 0.953. The molecule has 0 unspecified atom stereocenters. The number of carbonyl (C=O) groups is 1. The average molecular weight is 336 g/mol. The van der Waals surface area contributed by atoms with Crippen LogP contribution in [0, 0.1) is 0 Å². The molecule has 1 aromatic heterocycles. The molecule has 7 heteroatoms. The third-order valence-corrected chi connectivity index (χ3v) is 3.55. The monoisotopic (exact) mass is 336 g/mol. The van der Waals surface area contributed by atoms with Crippen molar-refractivity contribution in [2.45, 2.75) is 12.8 Å². The van der Waals surface area contributed by atoms with Crippen molar-refractivity contribution in [2.75, 3.05) is 28.4 Å². The highest BCUT2D eigenvalue weighted by molar-refractivity contribution is 5.90. The lowest BCUT2D eigenvalue weighted by Crippen LogP contribution is -1.98. The number of hydrogen-bond acceptors (Lipinski definition) is 6. The summed E-state index contributed by atoms with van der Waals surface area (Å²) in [5.74, 6) is 1.09. The molecule has 1 heterocycles. The second-order valence-corrected chi connectivity index (χ2v) is 4.96. The summed E-state index contributed by atoms with van der Waals surface area (Å²) in [6, 6.07) is 5.17. The zero-order chi connectivity index (χ0) is 17.7. The molecule has 0 aliphatic heterocycles. The van der Waals surface area contributed by atoms with Gasteiger partial charge in [-0.25, -0.2) is 4.79 Å². The van der Waals surface area contributed by atoms with E-state index in [4.69, 9.17) is 28.5 Å². The largest absolute Gasteiger partial charge is 0.493 e. The number of furan rings is 1. The molecule has 7 nitrogen and oxygen atoms in total. The summed E-state index contributed by atoms with van der Waals surface area (Å²) in [6.07, 6.45) is 1.11. The zero-order valence-corrected chi connectivity index (χ0v) is 14.0. The maximum absolute atomic E-state index is 11.1. The molecule has 1 aromatic carbocycles. The molecule has 2 aromatic rings. The minimum absolute atomic E-state index is 0.00221. The number of aryl methyl sites for hydroxylation is 2. The zero-order valence-electron chi connectivity index (χ0n) is 14.0. The van der Waals surface area contributed by atoms with Crippen molar-refractivity contribution in [2.24, 2.45) is 0 Å². The molecule has 0 fully saturated rings. The highest BCUT2D eigenvalue weighted by Crippen LogP contribution is 2.38. The number of hydrogen-bond donors (Lipinski definition) is 1. The van der Waals surface area contributed by atoms with Crippen LogP contribution >= 0.6 is 0 Å².